The topological polar surface area (TPSA) is 71.3 Å². The molecular weight excluding hydrogens is 232 g/mol. The molecule has 2 heterocycles. The lowest BCUT2D eigenvalue weighted by molar-refractivity contribution is -0.385. The number of nitrogens with one attached hydrogen (secondary N) is 1. The molecule has 1 aromatic heterocycles. The molecule has 0 unspecified atom stereocenters. The van der Waals surface area contributed by atoms with E-state index >= 15 is 0 Å². The number of rotatable bonds is 4. The summed E-state index contributed by atoms with van der Waals surface area (Å²) < 4.78 is 0. The van der Waals surface area contributed by atoms with Crippen molar-refractivity contribution in [2.24, 2.45) is 5.92 Å². The molecule has 6 heteroatoms. The number of piperidine rings is 1. The van der Waals surface area contributed by atoms with E-state index in [0.717, 1.165) is 19.6 Å². The number of hydrogen-bond donors (Lipinski definition) is 1. The van der Waals surface area contributed by atoms with Gasteiger partial charge in [0, 0.05) is 12.6 Å². The predicted octanol–water partition coefficient (Wildman–Crippen LogP) is 1.74. The fraction of sp³-hybridized carbons (Fsp3) is 0.583. The summed E-state index contributed by atoms with van der Waals surface area (Å²) in [6.07, 6.45) is 3.67. The van der Waals surface area contributed by atoms with Gasteiger partial charge in [0.05, 0.1) is 4.92 Å². The Morgan fingerprint density at radius 1 is 1.50 bits per heavy atom. The molecule has 18 heavy (non-hydrogen) atoms. The van der Waals surface area contributed by atoms with Gasteiger partial charge in [0.2, 0.25) is 0 Å². The van der Waals surface area contributed by atoms with Crippen LogP contribution in [0.1, 0.15) is 12.8 Å². The average Bonchev–Trinajstić information content (AvgIpc) is 2.38. The number of anilines is 1. The molecule has 1 saturated heterocycles. The molecule has 0 aromatic carbocycles. The van der Waals surface area contributed by atoms with Crippen molar-refractivity contribution in [2.45, 2.75) is 12.8 Å². The molecule has 2 rings (SSSR count). The van der Waals surface area contributed by atoms with E-state index < -0.39 is 4.92 Å². The first kappa shape index (κ1) is 12.8. The van der Waals surface area contributed by atoms with Crippen molar-refractivity contribution in [1.29, 1.82) is 0 Å². The summed E-state index contributed by atoms with van der Waals surface area (Å²) in [5, 5.41) is 13.7. The van der Waals surface area contributed by atoms with Gasteiger partial charge < -0.3 is 10.2 Å². The lowest BCUT2D eigenvalue weighted by Crippen LogP contribution is -2.33. The Kier molecular flexibility index (Phi) is 4.09. The number of aromatic nitrogens is 1. The Hall–Kier alpha value is -1.69. The zero-order chi connectivity index (χ0) is 13.0. The number of hydrogen-bond acceptors (Lipinski definition) is 5. The minimum Gasteiger partial charge on any atom is -0.370 e. The van der Waals surface area contributed by atoms with E-state index in [4.69, 9.17) is 0 Å². The Balaban J connectivity index is 1.81. The molecule has 0 spiro atoms. The van der Waals surface area contributed by atoms with Crippen LogP contribution in [0.2, 0.25) is 0 Å². The third kappa shape index (κ3) is 3.40. The minimum absolute atomic E-state index is 0.0276. The van der Waals surface area contributed by atoms with Gasteiger partial charge in [0.1, 0.15) is 12.0 Å². The molecule has 98 valence electrons. The van der Waals surface area contributed by atoms with Crippen molar-refractivity contribution in [1.82, 2.24) is 9.88 Å². The SMILES string of the molecule is CN1CCC(CNc2ccc([N+](=O)[O-])cn2)CC1. The molecule has 0 atom stereocenters. The molecule has 1 aliphatic rings. The highest BCUT2D eigenvalue weighted by Gasteiger charge is 2.16. The monoisotopic (exact) mass is 250 g/mol. The number of nitrogens with zero attached hydrogens (tertiary/aromatic N) is 3. The van der Waals surface area contributed by atoms with Gasteiger partial charge in [-0.2, -0.15) is 0 Å². The van der Waals surface area contributed by atoms with Crippen LogP contribution < -0.4 is 5.32 Å². The lowest BCUT2D eigenvalue weighted by atomic mass is 9.97. The van der Waals surface area contributed by atoms with Gasteiger partial charge >= 0.3 is 0 Å². The molecule has 1 aromatic rings. The first-order valence-electron chi connectivity index (χ1n) is 6.18. The normalized spacial score (nSPS) is 17.6. The zero-order valence-corrected chi connectivity index (χ0v) is 10.5. The molecule has 6 nitrogen and oxygen atoms in total. The van der Waals surface area contributed by atoms with Crippen LogP contribution in [0.4, 0.5) is 11.5 Å². The van der Waals surface area contributed by atoms with Gasteiger partial charge in [-0.15, -0.1) is 0 Å². The van der Waals surface area contributed by atoms with Crippen molar-refractivity contribution >= 4 is 11.5 Å². The van der Waals surface area contributed by atoms with Crippen LogP contribution in [0.25, 0.3) is 0 Å². The van der Waals surface area contributed by atoms with Crippen LogP contribution in [0.15, 0.2) is 18.3 Å². The van der Waals surface area contributed by atoms with E-state index in [0.29, 0.717) is 11.7 Å². The van der Waals surface area contributed by atoms with Crippen molar-refractivity contribution < 1.29 is 4.92 Å². The molecule has 0 aliphatic carbocycles. The fourth-order valence-corrected chi connectivity index (χ4v) is 2.11. The summed E-state index contributed by atoms with van der Waals surface area (Å²) in [7, 11) is 2.14. The minimum atomic E-state index is -0.437. The quantitative estimate of drug-likeness (QED) is 0.651. The third-order valence-electron chi connectivity index (χ3n) is 3.37. The van der Waals surface area contributed by atoms with Crippen LogP contribution in [-0.2, 0) is 0 Å². The second-order valence-corrected chi connectivity index (χ2v) is 4.79. The van der Waals surface area contributed by atoms with Gasteiger partial charge in [0.15, 0.2) is 0 Å². The van der Waals surface area contributed by atoms with Crippen LogP contribution in [0.3, 0.4) is 0 Å². The average molecular weight is 250 g/mol. The summed E-state index contributed by atoms with van der Waals surface area (Å²) in [5.74, 6) is 1.37. The van der Waals surface area contributed by atoms with Crippen molar-refractivity contribution in [3.8, 4) is 0 Å². The maximum atomic E-state index is 10.5. The summed E-state index contributed by atoms with van der Waals surface area (Å²) >= 11 is 0. The Bertz CT molecular complexity index is 399. The highest BCUT2D eigenvalue weighted by molar-refractivity contribution is 5.40. The smallest absolute Gasteiger partial charge is 0.287 e. The van der Waals surface area contributed by atoms with Crippen LogP contribution in [0.5, 0.6) is 0 Å². The van der Waals surface area contributed by atoms with Gasteiger partial charge in [0.25, 0.3) is 5.69 Å². The van der Waals surface area contributed by atoms with E-state index in [-0.39, 0.29) is 5.69 Å². The molecule has 1 fully saturated rings. The maximum Gasteiger partial charge on any atom is 0.287 e. The van der Waals surface area contributed by atoms with Crippen LogP contribution in [-0.4, -0.2) is 41.5 Å². The molecule has 0 bridgehead atoms. The van der Waals surface area contributed by atoms with Crippen molar-refractivity contribution in [3.05, 3.63) is 28.4 Å². The van der Waals surface area contributed by atoms with Crippen molar-refractivity contribution in [3.63, 3.8) is 0 Å². The molecule has 1 aliphatic heterocycles. The summed E-state index contributed by atoms with van der Waals surface area (Å²) in [6.45, 7) is 3.17. The number of pyridine rings is 1. The standard InChI is InChI=1S/C12H18N4O2/c1-15-6-4-10(5-7-15)8-13-12-3-2-11(9-14-12)16(17)18/h2-3,9-10H,4-8H2,1H3,(H,13,14). The van der Waals surface area contributed by atoms with Crippen molar-refractivity contribution in [2.75, 3.05) is 32.0 Å². The molecule has 0 saturated carbocycles. The highest BCUT2D eigenvalue weighted by atomic mass is 16.6. The Morgan fingerprint density at radius 2 is 2.22 bits per heavy atom. The van der Waals surface area contributed by atoms with Crippen LogP contribution in [0, 0.1) is 16.0 Å². The van der Waals surface area contributed by atoms with Gasteiger partial charge in [-0.3, -0.25) is 10.1 Å². The first-order chi connectivity index (χ1) is 8.65. The van der Waals surface area contributed by atoms with Gasteiger partial charge in [-0.05, 0) is 45.0 Å². The first-order valence-corrected chi connectivity index (χ1v) is 6.18. The fourth-order valence-electron chi connectivity index (χ4n) is 2.11. The number of likely N-dealkylation sites (tertiary alicyclic amines) is 1. The molecular formula is C12H18N4O2. The summed E-state index contributed by atoms with van der Waals surface area (Å²) in [6, 6.07) is 3.14. The van der Waals surface area contributed by atoms with E-state index in [1.54, 1.807) is 6.07 Å². The van der Waals surface area contributed by atoms with Gasteiger partial charge in [-0.1, -0.05) is 0 Å². The highest BCUT2D eigenvalue weighted by Crippen LogP contribution is 2.17. The predicted molar refractivity (Wildman–Crippen MR) is 69.6 cm³/mol. The van der Waals surface area contributed by atoms with E-state index in [9.17, 15) is 10.1 Å². The maximum absolute atomic E-state index is 10.5. The third-order valence-corrected chi connectivity index (χ3v) is 3.37. The number of nitro groups is 1. The molecule has 0 amide bonds. The largest absolute Gasteiger partial charge is 0.370 e. The van der Waals surface area contributed by atoms with E-state index in [1.165, 1.54) is 25.1 Å². The second-order valence-electron chi connectivity index (χ2n) is 4.79. The Morgan fingerprint density at radius 3 is 2.78 bits per heavy atom. The molecule has 0 radical (unpaired) electrons. The lowest BCUT2D eigenvalue weighted by Gasteiger charge is -2.29. The summed E-state index contributed by atoms with van der Waals surface area (Å²) in [5.41, 5.74) is 0.0276. The Labute approximate surface area is 106 Å². The van der Waals surface area contributed by atoms with E-state index in [2.05, 4.69) is 22.2 Å². The van der Waals surface area contributed by atoms with Gasteiger partial charge in [-0.25, -0.2) is 4.98 Å². The molecule has 1 N–H and O–H groups in total. The van der Waals surface area contributed by atoms with E-state index in [1.807, 2.05) is 0 Å². The second kappa shape index (κ2) is 5.77. The van der Waals surface area contributed by atoms with Crippen LogP contribution >= 0.6 is 0 Å². The zero-order valence-electron chi connectivity index (χ0n) is 10.5. The summed E-state index contributed by atoms with van der Waals surface area (Å²) in [4.78, 5) is 16.4.